The first-order chi connectivity index (χ1) is 10.7. The van der Waals surface area contributed by atoms with Crippen LogP contribution in [-0.2, 0) is 4.74 Å². The van der Waals surface area contributed by atoms with Crippen molar-refractivity contribution in [3.63, 3.8) is 0 Å². The maximum Gasteiger partial charge on any atom is 0.191 e. The molecule has 0 aromatic heterocycles. The Hall–Kier alpha value is -0.0800. The van der Waals surface area contributed by atoms with Gasteiger partial charge in [0.15, 0.2) is 5.96 Å². The number of aliphatic imine (C=N–C) groups is 1. The summed E-state index contributed by atoms with van der Waals surface area (Å²) < 4.78 is 5.54. The molecule has 0 aromatic carbocycles. The zero-order valence-electron chi connectivity index (χ0n) is 16.7. The average Bonchev–Trinajstić information content (AvgIpc) is 2.49. The van der Waals surface area contributed by atoms with Gasteiger partial charge >= 0.3 is 0 Å². The minimum atomic E-state index is 0. The highest BCUT2D eigenvalue weighted by Gasteiger charge is 2.34. The Bertz CT molecular complexity index is 374. The summed E-state index contributed by atoms with van der Waals surface area (Å²) in [5.74, 6) is 0.902. The Morgan fingerprint density at radius 2 is 1.83 bits per heavy atom. The molecule has 0 aliphatic carbocycles. The van der Waals surface area contributed by atoms with Crippen molar-refractivity contribution in [1.29, 1.82) is 0 Å². The van der Waals surface area contributed by atoms with Crippen LogP contribution in [0.4, 0.5) is 0 Å². The van der Waals surface area contributed by atoms with E-state index in [2.05, 4.69) is 62.3 Å². The Balaban J connectivity index is 0.00000529. The normalized spacial score (nSPS) is 19.6. The van der Waals surface area contributed by atoms with E-state index in [0.29, 0.717) is 11.5 Å². The molecule has 1 saturated heterocycles. The molecule has 0 radical (unpaired) electrons. The summed E-state index contributed by atoms with van der Waals surface area (Å²) in [6.07, 6.45) is 4.47. The van der Waals surface area contributed by atoms with Crippen LogP contribution in [0.2, 0.25) is 0 Å². The lowest BCUT2D eigenvalue weighted by Crippen LogP contribution is -2.57. The zero-order valence-corrected chi connectivity index (χ0v) is 19.1. The Labute approximate surface area is 166 Å². The van der Waals surface area contributed by atoms with Gasteiger partial charge in [-0.3, -0.25) is 4.99 Å². The summed E-state index contributed by atoms with van der Waals surface area (Å²) in [5, 5.41) is 7.06. The molecule has 1 aliphatic rings. The fourth-order valence-electron chi connectivity index (χ4n) is 2.93. The highest BCUT2D eigenvalue weighted by atomic mass is 127. The fourth-order valence-corrected chi connectivity index (χ4v) is 2.93. The van der Waals surface area contributed by atoms with Crippen LogP contribution in [0.1, 0.15) is 53.4 Å². The standard InChI is InChI=1S/C18H38N4O.HI/c1-15(8-9-17(2,3)4)21-16(19-5)20-14-18(22(6)7)10-12-23-13-11-18;/h15H,8-14H2,1-7H3,(H2,19,20,21);1H. The second-order valence-corrected chi connectivity index (χ2v) is 8.30. The SMILES string of the molecule is CN=C(NCC1(N(C)C)CCOCC1)NC(C)CCC(C)(C)C.I. The molecule has 1 unspecified atom stereocenters. The lowest BCUT2D eigenvalue weighted by atomic mass is 9.88. The third-order valence-corrected chi connectivity index (χ3v) is 4.89. The summed E-state index contributed by atoms with van der Waals surface area (Å²) in [7, 11) is 6.17. The number of likely N-dealkylation sites (N-methyl/N-ethyl adjacent to an activating group) is 1. The van der Waals surface area contributed by atoms with Crippen LogP contribution in [0.15, 0.2) is 4.99 Å². The maximum atomic E-state index is 5.54. The molecule has 144 valence electrons. The first-order valence-electron chi connectivity index (χ1n) is 8.91. The van der Waals surface area contributed by atoms with Gasteiger partial charge in [-0.15, -0.1) is 24.0 Å². The minimum Gasteiger partial charge on any atom is -0.381 e. The summed E-state index contributed by atoms with van der Waals surface area (Å²) in [4.78, 5) is 6.72. The molecule has 1 aliphatic heterocycles. The van der Waals surface area contributed by atoms with Crippen molar-refractivity contribution in [2.24, 2.45) is 10.4 Å². The number of nitrogens with one attached hydrogen (secondary N) is 2. The van der Waals surface area contributed by atoms with Crippen molar-refractivity contribution < 1.29 is 4.74 Å². The fraction of sp³-hybridized carbons (Fsp3) is 0.944. The van der Waals surface area contributed by atoms with Gasteiger partial charge in [0.2, 0.25) is 0 Å². The molecule has 1 atom stereocenters. The topological polar surface area (TPSA) is 48.9 Å². The average molecular weight is 454 g/mol. The van der Waals surface area contributed by atoms with E-state index in [1.165, 1.54) is 6.42 Å². The van der Waals surface area contributed by atoms with Gasteiger partial charge in [0, 0.05) is 38.4 Å². The van der Waals surface area contributed by atoms with Crippen molar-refractivity contribution in [2.75, 3.05) is 40.9 Å². The van der Waals surface area contributed by atoms with Gasteiger partial charge < -0.3 is 20.3 Å². The molecular formula is C18H39IN4O. The molecule has 0 spiro atoms. The third kappa shape index (κ3) is 8.34. The molecule has 0 saturated carbocycles. The van der Waals surface area contributed by atoms with E-state index in [0.717, 1.165) is 45.0 Å². The summed E-state index contributed by atoms with van der Waals surface area (Å²) in [5.41, 5.74) is 0.536. The molecule has 6 heteroatoms. The molecule has 0 bridgehead atoms. The summed E-state index contributed by atoms with van der Waals surface area (Å²) >= 11 is 0. The monoisotopic (exact) mass is 454 g/mol. The molecule has 0 aromatic rings. The van der Waals surface area contributed by atoms with Crippen LogP contribution in [0.3, 0.4) is 0 Å². The molecular weight excluding hydrogens is 415 g/mol. The molecule has 2 N–H and O–H groups in total. The molecule has 0 amide bonds. The third-order valence-electron chi connectivity index (χ3n) is 4.89. The first kappa shape index (κ1) is 23.9. The lowest BCUT2D eigenvalue weighted by Gasteiger charge is -2.43. The van der Waals surface area contributed by atoms with E-state index in [4.69, 9.17) is 4.74 Å². The number of hydrogen-bond acceptors (Lipinski definition) is 3. The number of rotatable bonds is 6. The molecule has 1 rings (SSSR count). The maximum absolute atomic E-state index is 5.54. The molecule has 24 heavy (non-hydrogen) atoms. The van der Waals surface area contributed by atoms with Gasteiger partial charge in [-0.05, 0) is 52.1 Å². The summed E-state index contributed by atoms with van der Waals surface area (Å²) in [6.45, 7) is 11.7. The predicted octanol–water partition coefficient (Wildman–Crippen LogP) is 3.10. The number of nitrogens with zero attached hydrogens (tertiary/aromatic N) is 2. The first-order valence-corrected chi connectivity index (χ1v) is 8.91. The van der Waals surface area contributed by atoms with E-state index in [1.807, 2.05) is 7.05 Å². The molecule has 1 fully saturated rings. The predicted molar refractivity (Wildman–Crippen MR) is 115 cm³/mol. The number of hydrogen-bond donors (Lipinski definition) is 2. The molecule has 1 heterocycles. The smallest absolute Gasteiger partial charge is 0.191 e. The number of ether oxygens (including phenoxy) is 1. The second kappa shape index (κ2) is 10.8. The van der Waals surface area contributed by atoms with Crippen LogP contribution in [0, 0.1) is 5.41 Å². The summed E-state index contributed by atoms with van der Waals surface area (Å²) in [6, 6.07) is 0.422. The van der Waals surface area contributed by atoms with Gasteiger partial charge in [-0.2, -0.15) is 0 Å². The van der Waals surface area contributed by atoms with E-state index < -0.39 is 0 Å². The number of halogens is 1. The lowest BCUT2D eigenvalue weighted by molar-refractivity contribution is -0.00502. The Morgan fingerprint density at radius 3 is 2.29 bits per heavy atom. The van der Waals surface area contributed by atoms with Crippen molar-refractivity contribution in [3.05, 3.63) is 0 Å². The molecule has 5 nitrogen and oxygen atoms in total. The van der Waals surface area contributed by atoms with Gasteiger partial charge in [0.05, 0.1) is 0 Å². The van der Waals surface area contributed by atoms with Crippen molar-refractivity contribution in [1.82, 2.24) is 15.5 Å². The van der Waals surface area contributed by atoms with Gasteiger partial charge in [-0.1, -0.05) is 20.8 Å². The Kier molecular flexibility index (Phi) is 10.8. The Morgan fingerprint density at radius 1 is 1.25 bits per heavy atom. The van der Waals surface area contributed by atoms with E-state index in [9.17, 15) is 0 Å². The van der Waals surface area contributed by atoms with E-state index in [-0.39, 0.29) is 29.5 Å². The van der Waals surface area contributed by atoms with Crippen molar-refractivity contribution >= 4 is 29.9 Å². The van der Waals surface area contributed by atoms with Crippen LogP contribution < -0.4 is 10.6 Å². The zero-order chi connectivity index (χ0) is 17.5. The van der Waals surface area contributed by atoms with Gasteiger partial charge in [-0.25, -0.2) is 0 Å². The van der Waals surface area contributed by atoms with Crippen LogP contribution in [-0.4, -0.2) is 63.3 Å². The highest BCUT2D eigenvalue weighted by molar-refractivity contribution is 14.0. The van der Waals surface area contributed by atoms with Crippen LogP contribution in [0.5, 0.6) is 0 Å². The van der Waals surface area contributed by atoms with Crippen molar-refractivity contribution in [2.45, 2.75) is 65.0 Å². The quantitative estimate of drug-likeness (QED) is 0.368. The van der Waals surface area contributed by atoms with Gasteiger partial charge in [0.25, 0.3) is 0 Å². The highest BCUT2D eigenvalue weighted by Crippen LogP contribution is 2.25. The number of guanidine groups is 1. The second-order valence-electron chi connectivity index (χ2n) is 8.30. The van der Waals surface area contributed by atoms with Gasteiger partial charge in [0.1, 0.15) is 0 Å². The minimum absolute atomic E-state index is 0. The van der Waals surface area contributed by atoms with E-state index >= 15 is 0 Å². The van der Waals surface area contributed by atoms with Crippen LogP contribution in [0.25, 0.3) is 0 Å². The largest absolute Gasteiger partial charge is 0.381 e. The van der Waals surface area contributed by atoms with Crippen molar-refractivity contribution in [3.8, 4) is 0 Å². The van der Waals surface area contributed by atoms with E-state index in [1.54, 1.807) is 0 Å². The van der Waals surface area contributed by atoms with Crippen LogP contribution >= 0.6 is 24.0 Å².